The standard InChI is InChI=1S/C19H26N6O2/c1-18(2,3)27-17(26)24-11-12-25(19(13-24)9-10-19)15(16-20-22-23-21-16)14-7-5-4-6-8-14/h4-8,15H,9-13H2,1-3H3,(H,20,21,22,23). The van der Waals surface area contributed by atoms with Gasteiger partial charge in [-0.1, -0.05) is 35.5 Å². The van der Waals surface area contributed by atoms with E-state index in [0.717, 1.165) is 24.9 Å². The number of piperazine rings is 1. The van der Waals surface area contributed by atoms with Crippen molar-refractivity contribution >= 4 is 6.09 Å². The molecule has 4 rings (SSSR count). The molecule has 8 heteroatoms. The topological polar surface area (TPSA) is 87.2 Å². The zero-order valence-corrected chi connectivity index (χ0v) is 16.1. The normalized spacial score (nSPS) is 20.5. The fourth-order valence-corrected chi connectivity index (χ4v) is 3.85. The molecule has 27 heavy (non-hydrogen) atoms. The molecular formula is C19H26N6O2. The van der Waals surface area contributed by atoms with Crippen molar-refractivity contribution in [2.75, 3.05) is 19.6 Å². The first-order valence-corrected chi connectivity index (χ1v) is 9.41. The molecule has 1 amide bonds. The summed E-state index contributed by atoms with van der Waals surface area (Å²) in [6.45, 7) is 7.73. The van der Waals surface area contributed by atoms with Crippen molar-refractivity contribution < 1.29 is 9.53 Å². The third-order valence-corrected chi connectivity index (χ3v) is 5.22. The minimum Gasteiger partial charge on any atom is -0.444 e. The van der Waals surface area contributed by atoms with Gasteiger partial charge in [-0.15, -0.1) is 10.2 Å². The monoisotopic (exact) mass is 370 g/mol. The highest BCUT2D eigenvalue weighted by molar-refractivity contribution is 5.68. The molecule has 1 saturated heterocycles. The molecule has 2 heterocycles. The molecular weight excluding hydrogens is 344 g/mol. The van der Waals surface area contributed by atoms with E-state index >= 15 is 0 Å². The van der Waals surface area contributed by atoms with Crippen LogP contribution >= 0.6 is 0 Å². The van der Waals surface area contributed by atoms with E-state index in [2.05, 4.69) is 37.7 Å². The molecule has 0 radical (unpaired) electrons. The summed E-state index contributed by atoms with van der Waals surface area (Å²) in [5, 5.41) is 14.9. The van der Waals surface area contributed by atoms with Gasteiger partial charge in [-0.05, 0) is 39.2 Å². The fourth-order valence-electron chi connectivity index (χ4n) is 3.85. The van der Waals surface area contributed by atoms with Crippen molar-refractivity contribution in [1.82, 2.24) is 30.4 Å². The lowest BCUT2D eigenvalue weighted by molar-refractivity contribution is -0.00810. The SMILES string of the molecule is CC(C)(C)OC(=O)N1CCN(C(c2ccccc2)c2nn[nH]n2)C2(CC2)C1. The second-order valence-corrected chi connectivity index (χ2v) is 8.40. The first-order valence-electron chi connectivity index (χ1n) is 9.41. The molecule has 1 saturated carbocycles. The summed E-state index contributed by atoms with van der Waals surface area (Å²) in [5.41, 5.74) is 0.606. The van der Waals surface area contributed by atoms with E-state index in [-0.39, 0.29) is 17.7 Å². The van der Waals surface area contributed by atoms with Gasteiger partial charge in [0.25, 0.3) is 0 Å². The van der Waals surface area contributed by atoms with Gasteiger partial charge in [0.2, 0.25) is 0 Å². The van der Waals surface area contributed by atoms with Gasteiger partial charge in [-0.2, -0.15) is 5.21 Å². The van der Waals surface area contributed by atoms with Crippen LogP contribution in [0.4, 0.5) is 4.79 Å². The summed E-state index contributed by atoms with van der Waals surface area (Å²) in [6.07, 6.45) is 1.87. The lowest BCUT2D eigenvalue weighted by Gasteiger charge is -2.45. The van der Waals surface area contributed by atoms with Crippen LogP contribution in [-0.4, -0.2) is 67.3 Å². The Hall–Kier alpha value is -2.48. The average Bonchev–Trinajstić information content (AvgIpc) is 3.16. The minimum absolute atomic E-state index is 0.0453. The van der Waals surface area contributed by atoms with E-state index < -0.39 is 5.60 Å². The second kappa shape index (κ2) is 6.60. The predicted molar refractivity (Wildman–Crippen MR) is 98.9 cm³/mol. The van der Waals surface area contributed by atoms with Crippen molar-refractivity contribution in [3.8, 4) is 0 Å². The van der Waals surface area contributed by atoms with Crippen LogP contribution in [0.2, 0.25) is 0 Å². The zero-order chi connectivity index (χ0) is 19.1. The number of ether oxygens (including phenoxy) is 1. The van der Waals surface area contributed by atoms with Crippen molar-refractivity contribution in [3.05, 3.63) is 41.7 Å². The van der Waals surface area contributed by atoms with Gasteiger partial charge in [0, 0.05) is 25.2 Å². The van der Waals surface area contributed by atoms with Crippen molar-refractivity contribution in [3.63, 3.8) is 0 Å². The third kappa shape index (κ3) is 3.66. The lowest BCUT2D eigenvalue weighted by atomic mass is 9.99. The molecule has 8 nitrogen and oxygen atoms in total. The van der Waals surface area contributed by atoms with Crippen LogP contribution in [0, 0.1) is 0 Å². The number of amides is 1. The Balaban J connectivity index is 1.58. The first kappa shape index (κ1) is 17.9. The number of H-pyrrole nitrogens is 1. The molecule has 1 aromatic carbocycles. The molecule has 1 atom stereocenters. The number of hydrogen-bond acceptors (Lipinski definition) is 6. The number of nitrogens with zero attached hydrogens (tertiary/aromatic N) is 5. The maximum Gasteiger partial charge on any atom is 0.410 e. The molecule has 1 unspecified atom stereocenters. The maximum atomic E-state index is 12.5. The van der Waals surface area contributed by atoms with Crippen LogP contribution in [0.3, 0.4) is 0 Å². The molecule has 1 aliphatic carbocycles. The molecule has 2 aliphatic rings. The number of aromatic nitrogens is 4. The van der Waals surface area contributed by atoms with Crippen LogP contribution in [0.5, 0.6) is 0 Å². The quantitative estimate of drug-likeness (QED) is 0.893. The predicted octanol–water partition coefficient (Wildman–Crippen LogP) is 2.37. The Morgan fingerprint density at radius 3 is 2.56 bits per heavy atom. The molecule has 144 valence electrons. The molecule has 2 aromatic rings. The van der Waals surface area contributed by atoms with Gasteiger partial charge < -0.3 is 9.64 Å². The largest absolute Gasteiger partial charge is 0.444 e. The highest BCUT2D eigenvalue weighted by Crippen LogP contribution is 2.49. The Morgan fingerprint density at radius 1 is 1.22 bits per heavy atom. The van der Waals surface area contributed by atoms with E-state index in [1.54, 1.807) is 0 Å². The number of carbonyl (C=O) groups excluding carboxylic acids is 1. The number of aromatic amines is 1. The third-order valence-electron chi connectivity index (χ3n) is 5.22. The minimum atomic E-state index is -0.484. The van der Waals surface area contributed by atoms with E-state index in [4.69, 9.17) is 4.74 Å². The summed E-state index contributed by atoms with van der Waals surface area (Å²) in [6, 6.07) is 10.2. The van der Waals surface area contributed by atoms with Gasteiger partial charge >= 0.3 is 6.09 Å². The van der Waals surface area contributed by atoms with E-state index in [0.29, 0.717) is 18.9 Å². The van der Waals surface area contributed by atoms with E-state index in [1.807, 2.05) is 43.9 Å². The summed E-state index contributed by atoms with van der Waals surface area (Å²) in [5.74, 6) is 0.665. The number of hydrogen-bond donors (Lipinski definition) is 1. The number of rotatable bonds is 3. The van der Waals surface area contributed by atoms with Crippen molar-refractivity contribution in [1.29, 1.82) is 0 Å². The van der Waals surface area contributed by atoms with Crippen LogP contribution in [-0.2, 0) is 4.74 Å². The lowest BCUT2D eigenvalue weighted by Crippen LogP contribution is -2.58. The first-order chi connectivity index (χ1) is 12.9. The van der Waals surface area contributed by atoms with Crippen LogP contribution in [0.25, 0.3) is 0 Å². The van der Waals surface area contributed by atoms with Gasteiger partial charge in [0.1, 0.15) is 11.6 Å². The number of carbonyl (C=O) groups is 1. The number of nitrogens with one attached hydrogen (secondary N) is 1. The van der Waals surface area contributed by atoms with Gasteiger partial charge in [0.05, 0.1) is 0 Å². The number of benzene rings is 1. The Kier molecular flexibility index (Phi) is 4.38. The molecule has 0 bridgehead atoms. The molecule has 2 fully saturated rings. The molecule has 1 spiro atoms. The Morgan fingerprint density at radius 2 is 1.96 bits per heavy atom. The highest BCUT2D eigenvalue weighted by atomic mass is 16.6. The van der Waals surface area contributed by atoms with Gasteiger partial charge in [-0.25, -0.2) is 4.79 Å². The Labute approximate surface area is 158 Å². The average molecular weight is 370 g/mol. The van der Waals surface area contributed by atoms with Crippen LogP contribution < -0.4 is 0 Å². The summed E-state index contributed by atoms with van der Waals surface area (Å²) >= 11 is 0. The van der Waals surface area contributed by atoms with Gasteiger partial charge in [0.15, 0.2) is 5.82 Å². The summed E-state index contributed by atoms with van der Waals surface area (Å²) < 4.78 is 5.58. The van der Waals surface area contributed by atoms with Gasteiger partial charge in [-0.3, -0.25) is 4.90 Å². The second-order valence-electron chi connectivity index (χ2n) is 8.40. The summed E-state index contributed by atoms with van der Waals surface area (Å²) in [4.78, 5) is 16.8. The van der Waals surface area contributed by atoms with Crippen LogP contribution in [0.15, 0.2) is 30.3 Å². The van der Waals surface area contributed by atoms with Crippen molar-refractivity contribution in [2.24, 2.45) is 0 Å². The number of tetrazole rings is 1. The fraction of sp³-hybridized carbons (Fsp3) is 0.579. The highest BCUT2D eigenvalue weighted by Gasteiger charge is 2.55. The smallest absolute Gasteiger partial charge is 0.410 e. The Bertz CT molecular complexity index is 782. The summed E-state index contributed by atoms with van der Waals surface area (Å²) in [7, 11) is 0. The zero-order valence-electron chi connectivity index (χ0n) is 16.1. The molecule has 1 aromatic heterocycles. The molecule has 1 N–H and O–H groups in total. The van der Waals surface area contributed by atoms with Crippen LogP contribution in [0.1, 0.15) is 51.0 Å². The van der Waals surface area contributed by atoms with E-state index in [1.165, 1.54) is 0 Å². The molecule has 1 aliphatic heterocycles. The maximum absolute atomic E-state index is 12.5. The van der Waals surface area contributed by atoms with E-state index in [9.17, 15) is 4.79 Å². The van der Waals surface area contributed by atoms with Crippen molar-refractivity contribution in [2.45, 2.75) is 50.8 Å².